The van der Waals surface area contributed by atoms with Crippen molar-refractivity contribution in [2.45, 2.75) is 96.6 Å². The number of aliphatic imine (C=N–C) groups is 2. The van der Waals surface area contributed by atoms with E-state index in [1.54, 1.807) is 42.5 Å². The molecular weight excluding hydrogens is 1060 g/mol. The number of esters is 2. The number of hydrogen-bond donors (Lipinski definition) is 5. The number of nitrogens with two attached hydrogens (primary N) is 1. The molecule has 0 unspecified atom stereocenters. The zero-order chi connectivity index (χ0) is 54.9. The second kappa shape index (κ2) is 33.5. The van der Waals surface area contributed by atoms with Crippen molar-refractivity contribution in [1.82, 2.24) is 16.0 Å². The lowest BCUT2D eigenvalue weighted by Crippen LogP contribution is -2.42. The highest BCUT2D eigenvalue weighted by molar-refractivity contribution is 6.40. The van der Waals surface area contributed by atoms with Gasteiger partial charge in [-0.05, 0) is 111 Å². The highest BCUT2D eigenvalue weighted by atomic mass is 35.5. The lowest BCUT2D eigenvalue weighted by Gasteiger charge is -2.17. The summed E-state index contributed by atoms with van der Waals surface area (Å²) >= 11 is 24.0. The maximum Gasteiger partial charge on any atom is 0.335 e. The summed E-state index contributed by atoms with van der Waals surface area (Å²) in [4.78, 5) is 105. The Hall–Kier alpha value is -6.50. The predicted molar refractivity (Wildman–Crippen MR) is 296 cm³/mol. The summed E-state index contributed by atoms with van der Waals surface area (Å²) in [5.74, 6) is -4.43. The van der Waals surface area contributed by atoms with Crippen LogP contribution in [0.15, 0.2) is 94.9 Å². The lowest BCUT2D eigenvalue weighted by molar-refractivity contribution is -0.144. The Labute approximate surface area is 462 Å². The number of carboxylic acid groups (broad SMARTS) is 1. The van der Waals surface area contributed by atoms with E-state index >= 15 is 0 Å². The lowest BCUT2D eigenvalue weighted by atomic mass is 10.00. The first-order valence-corrected chi connectivity index (χ1v) is 25.6. The third-order valence-electron chi connectivity index (χ3n) is 11.7. The van der Waals surface area contributed by atoms with Gasteiger partial charge in [0, 0.05) is 55.8 Å². The van der Waals surface area contributed by atoms with Crippen LogP contribution >= 0.6 is 46.4 Å². The Morgan fingerprint density at radius 3 is 1.39 bits per heavy atom. The summed E-state index contributed by atoms with van der Waals surface area (Å²) < 4.78 is 9.37. The molecule has 0 aromatic heterocycles. The number of amides is 3. The van der Waals surface area contributed by atoms with Gasteiger partial charge in [-0.2, -0.15) is 0 Å². The number of rotatable bonds is 21. The molecule has 2 heterocycles. The van der Waals surface area contributed by atoms with E-state index in [-0.39, 0.29) is 94.9 Å². The number of aromatic carboxylic acids is 1. The van der Waals surface area contributed by atoms with Gasteiger partial charge in [-0.1, -0.05) is 90.2 Å². The second-order valence-corrected chi connectivity index (χ2v) is 18.8. The number of Topliss-reactive ketones (excluding diaryl/α,β-unsaturated/α-hetero) is 2. The predicted octanol–water partition coefficient (Wildman–Crippen LogP) is 8.97. The number of methoxy groups -OCH3 is 2. The summed E-state index contributed by atoms with van der Waals surface area (Å²) in [5.41, 5.74) is 10.5. The van der Waals surface area contributed by atoms with E-state index in [1.165, 1.54) is 57.0 Å². The van der Waals surface area contributed by atoms with E-state index in [0.29, 0.717) is 17.5 Å². The van der Waals surface area contributed by atoms with E-state index in [9.17, 15) is 38.4 Å². The largest absolute Gasteiger partial charge is 0.478 e. The average molecular weight is 1130 g/mol. The van der Waals surface area contributed by atoms with Crippen LogP contribution in [0.3, 0.4) is 0 Å². The number of carbonyl (C=O) groups is 8. The normalized spacial score (nSPS) is 13.4. The van der Waals surface area contributed by atoms with Crippen LogP contribution in [0, 0.1) is 0 Å². The zero-order valence-electron chi connectivity index (χ0n) is 41.6. The van der Waals surface area contributed by atoms with Crippen molar-refractivity contribution in [3.05, 3.63) is 138 Å². The van der Waals surface area contributed by atoms with Crippen molar-refractivity contribution in [2.75, 3.05) is 40.4 Å². The molecule has 21 heteroatoms. The van der Waals surface area contributed by atoms with Crippen molar-refractivity contribution in [2.24, 2.45) is 15.7 Å². The highest BCUT2D eigenvalue weighted by Crippen LogP contribution is 2.26. The van der Waals surface area contributed by atoms with Crippen LogP contribution in [0.5, 0.6) is 0 Å². The first kappa shape index (κ1) is 63.8. The Balaban J connectivity index is 0.000000330. The van der Waals surface area contributed by atoms with Gasteiger partial charge in [-0.25, -0.2) is 14.4 Å². The third kappa shape index (κ3) is 21.3. The van der Waals surface area contributed by atoms with Gasteiger partial charge in [0.25, 0.3) is 17.7 Å². The zero-order valence-corrected chi connectivity index (χ0v) is 44.6. The molecule has 0 saturated carbocycles. The van der Waals surface area contributed by atoms with Gasteiger partial charge in [0.2, 0.25) is 0 Å². The first-order valence-electron chi connectivity index (χ1n) is 24.1. The number of ketones is 2. The van der Waals surface area contributed by atoms with Gasteiger partial charge in [0.05, 0.1) is 64.1 Å². The fourth-order valence-electron chi connectivity index (χ4n) is 7.67. The summed E-state index contributed by atoms with van der Waals surface area (Å²) in [6, 6.07) is 21.5. The van der Waals surface area contributed by atoms with Crippen LogP contribution in [0.4, 0.5) is 0 Å². The fourth-order valence-corrected chi connectivity index (χ4v) is 8.80. The molecule has 76 heavy (non-hydrogen) atoms. The minimum atomic E-state index is -1.09. The summed E-state index contributed by atoms with van der Waals surface area (Å²) in [6.45, 7) is 1.44. The van der Waals surface area contributed by atoms with Crippen LogP contribution < -0.4 is 21.7 Å². The van der Waals surface area contributed by atoms with Gasteiger partial charge in [0.1, 0.15) is 17.9 Å². The van der Waals surface area contributed by atoms with Crippen LogP contribution in [-0.4, -0.2) is 116 Å². The molecule has 17 nitrogen and oxygen atoms in total. The Morgan fingerprint density at radius 1 is 0.592 bits per heavy atom. The molecular formula is C55H64Cl4N6O11. The molecule has 4 aromatic carbocycles. The molecule has 408 valence electrons. The molecule has 4 aromatic rings. The maximum absolute atomic E-state index is 12.6. The Morgan fingerprint density at radius 2 is 1.00 bits per heavy atom. The number of halogens is 4. The van der Waals surface area contributed by atoms with Crippen LogP contribution in [0.2, 0.25) is 20.1 Å². The number of nitrogens with one attached hydrogen (secondary N) is 3. The molecule has 2 atom stereocenters. The molecule has 6 rings (SSSR count). The minimum Gasteiger partial charge on any atom is -0.478 e. The Bertz CT molecular complexity index is 2710. The molecule has 2 aliphatic heterocycles. The van der Waals surface area contributed by atoms with Crippen molar-refractivity contribution < 1.29 is 52.9 Å². The molecule has 0 fully saturated rings. The topological polar surface area (TPSA) is 262 Å². The van der Waals surface area contributed by atoms with Gasteiger partial charge < -0.3 is 36.3 Å². The van der Waals surface area contributed by atoms with Gasteiger partial charge in [-0.3, -0.25) is 34.0 Å². The first-order chi connectivity index (χ1) is 35.9. The van der Waals surface area contributed by atoms with Crippen LogP contribution in [0.1, 0.15) is 124 Å². The number of nitrogens with zero attached hydrogens (tertiary/aromatic N) is 2. The molecule has 0 bridgehead atoms. The van der Waals surface area contributed by atoms with E-state index in [4.69, 9.17) is 62.0 Å². The summed E-state index contributed by atoms with van der Waals surface area (Å²) in [5, 5.41) is 17.1. The number of hydrogen-bond acceptors (Lipinski definition) is 13. The molecule has 2 aliphatic rings. The average Bonchev–Trinajstić information content (AvgIpc) is 3.40. The van der Waals surface area contributed by atoms with Gasteiger partial charge in [-0.15, -0.1) is 0 Å². The standard InChI is InChI=1S/C27H29Cl2N3O5.C14H16Cl2N2O4.C13H15NO2.CH4/c1-37-27(36)23(32-26(35)24-21(28)9-5-10-22(24)29)12-11-20(33)16-31-25(34)18-7-4-6-17(14-18)15-19-8-2-3-13-30-19;1-22-14(21)11(6-5-8(19)7-17)18-13(20)12-9(15)3-2-4-10(12)16;15-13(16)11-5-3-4-10(8-11)9-12-6-1-2-7-14-12;/h4-7,9-10,14,23H,2-3,8,11-13,15-16H2,1H3,(H,31,34)(H,32,35);2-4,11H,5-7,17H2,1H3,(H,18,20);3-5,8H,1-2,6-7,9H2,(H,15,16);1H4/t23-;11-;;/m00../s1. The molecule has 0 radical (unpaired) electrons. The summed E-state index contributed by atoms with van der Waals surface area (Å²) in [7, 11) is 2.37. The summed E-state index contributed by atoms with van der Waals surface area (Å²) in [6.07, 6.45) is 8.20. The van der Waals surface area contributed by atoms with Crippen molar-refractivity contribution in [1.29, 1.82) is 0 Å². The quantitative estimate of drug-likeness (QED) is 0.0490. The molecule has 3 amide bonds. The van der Waals surface area contributed by atoms with E-state index in [1.807, 2.05) is 18.2 Å². The number of carbonyl (C=O) groups excluding carboxylic acids is 7. The minimum absolute atomic E-state index is 0. The number of carboxylic acids is 1. The number of benzene rings is 4. The Kier molecular flexibility index (Phi) is 28.1. The van der Waals surface area contributed by atoms with Crippen molar-refractivity contribution >= 4 is 105 Å². The third-order valence-corrected chi connectivity index (χ3v) is 12.9. The smallest absolute Gasteiger partial charge is 0.335 e. The van der Waals surface area contributed by atoms with E-state index < -0.39 is 41.8 Å². The molecule has 0 spiro atoms. The van der Waals surface area contributed by atoms with E-state index in [0.717, 1.165) is 62.0 Å². The molecule has 6 N–H and O–H groups in total. The highest BCUT2D eigenvalue weighted by Gasteiger charge is 2.27. The SMILES string of the molecule is C.COC(=O)[C@H](CCC(=O)CN)NC(=O)c1c(Cl)cccc1Cl.COC(=O)[C@H](CCC(=O)CNC(=O)c1cccc(CC2=NCCCC2)c1)NC(=O)c1c(Cl)cccc1Cl.O=C(O)c1cccc(CC2=NCCCC2)c1. The van der Waals surface area contributed by atoms with E-state index in [2.05, 4.69) is 30.7 Å². The second-order valence-electron chi connectivity index (χ2n) is 17.2. The maximum atomic E-state index is 12.6. The molecule has 0 saturated heterocycles. The van der Waals surface area contributed by atoms with Crippen LogP contribution in [0.25, 0.3) is 0 Å². The van der Waals surface area contributed by atoms with Gasteiger partial charge in [0.15, 0.2) is 5.78 Å². The van der Waals surface area contributed by atoms with Crippen molar-refractivity contribution in [3.8, 4) is 0 Å². The fraction of sp³-hybridized carbons (Fsp3) is 0.382. The van der Waals surface area contributed by atoms with Crippen molar-refractivity contribution in [3.63, 3.8) is 0 Å². The van der Waals surface area contributed by atoms with Gasteiger partial charge >= 0.3 is 17.9 Å². The monoisotopic (exact) mass is 1120 g/mol. The molecule has 0 aliphatic carbocycles. The number of ether oxygens (including phenoxy) is 2. The van der Waals surface area contributed by atoms with Crippen LogP contribution in [-0.2, 0) is 41.5 Å².